The molecule has 8 heteroatoms. The van der Waals surface area contributed by atoms with Crippen molar-refractivity contribution >= 4 is 17.2 Å². The predicted octanol–water partition coefficient (Wildman–Crippen LogP) is 4.37. The van der Waals surface area contributed by atoms with Crippen molar-refractivity contribution in [1.82, 2.24) is 25.0 Å². The van der Waals surface area contributed by atoms with E-state index in [2.05, 4.69) is 22.3 Å². The molecule has 0 aliphatic carbocycles. The van der Waals surface area contributed by atoms with E-state index < -0.39 is 0 Å². The lowest BCUT2D eigenvalue weighted by atomic mass is 10.0. The molecule has 0 fully saturated rings. The second-order valence-corrected chi connectivity index (χ2v) is 8.57. The number of benzene rings is 2. The van der Waals surface area contributed by atoms with E-state index in [1.807, 2.05) is 53.7 Å². The molecule has 6 nitrogen and oxygen atoms in total. The van der Waals surface area contributed by atoms with E-state index in [1.165, 1.54) is 18.5 Å². The van der Waals surface area contributed by atoms with E-state index in [-0.39, 0.29) is 30.4 Å². The molecular weight excluding hydrogens is 425 g/mol. The minimum Gasteiger partial charge on any atom is -0.343 e. The number of aromatic nitrogens is 3. The van der Waals surface area contributed by atoms with E-state index >= 15 is 0 Å². The summed E-state index contributed by atoms with van der Waals surface area (Å²) in [6.07, 6.45) is 3.15. The van der Waals surface area contributed by atoms with E-state index in [9.17, 15) is 9.18 Å². The van der Waals surface area contributed by atoms with Gasteiger partial charge in [-0.25, -0.2) is 14.1 Å². The molecule has 4 aromatic rings. The summed E-state index contributed by atoms with van der Waals surface area (Å²) in [6.45, 7) is 2.30. The van der Waals surface area contributed by atoms with Crippen LogP contribution in [0.25, 0.3) is 5.69 Å². The number of thiophene rings is 1. The van der Waals surface area contributed by atoms with Gasteiger partial charge in [0.05, 0.1) is 18.3 Å². The Morgan fingerprint density at radius 2 is 1.84 bits per heavy atom. The van der Waals surface area contributed by atoms with Gasteiger partial charge in [0, 0.05) is 10.9 Å². The predicted molar refractivity (Wildman–Crippen MR) is 123 cm³/mol. The van der Waals surface area contributed by atoms with Crippen molar-refractivity contribution in [1.29, 1.82) is 0 Å². The molecule has 164 valence electrons. The lowest BCUT2D eigenvalue weighted by Crippen LogP contribution is -2.38. The summed E-state index contributed by atoms with van der Waals surface area (Å²) >= 11 is 1.56. The zero-order valence-corrected chi connectivity index (χ0v) is 18.7. The Kier molecular flexibility index (Phi) is 6.72. The van der Waals surface area contributed by atoms with Gasteiger partial charge in [-0.2, -0.15) is 5.10 Å². The first-order valence-electron chi connectivity index (χ1n) is 10.2. The Morgan fingerprint density at radius 1 is 1.12 bits per heavy atom. The summed E-state index contributed by atoms with van der Waals surface area (Å²) in [4.78, 5) is 19.9. The van der Waals surface area contributed by atoms with E-state index in [4.69, 9.17) is 0 Å². The van der Waals surface area contributed by atoms with Crippen LogP contribution in [0.3, 0.4) is 0 Å². The number of nitrogens with one attached hydrogen (secondary N) is 1. The molecule has 1 amide bonds. The van der Waals surface area contributed by atoms with Crippen LogP contribution in [-0.2, 0) is 4.79 Å². The van der Waals surface area contributed by atoms with Gasteiger partial charge in [-0.05, 0) is 60.8 Å². The van der Waals surface area contributed by atoms with Crippen LogP contribution in [0.1, 0.15) is 35.0 Å². The van der Waals surface area contributed by atoms with Crippen molar-refractivity contribution in [2.75, 3.05) is 13.6 Å². The quantitative estimate of drug-likeness (QED) is 0.434. The van der Waals surface area contributed by atoms with Gasteiger partial charge in [-0.15, -0.1) is 11.3 Å². The number of rotatable bonds is 8. The highest BCUT2D eigenvalue weighted by Gasteiger charge is 2.21. The summed E-state index contributed by atoms with van der Waals surface area (Å²) < 4.78 is 15.1. The fourth-order valence-electron chi connectivity index (χ4n) is 3.50. The van der Waals surface area contributed by atoms with E-state index in [0.717, 1.165) is 21.7 Å². The van der Waals surface area contributed by atoms with Crippen molar-refractivity contribution in [2.24, 2.45) is 0 Å². The first kappa shape index (κ1) is 21.9. The summed E-state index contributed by atoms with van der Waals surface area (Å²) in [5.74, 6) is -0.394. The minimum atomic E-state index is -0.311. The van der Waals surface area contributed by atoms with Crippen molar-refractivity contribution in [3.8, 4) is 5.69 Å². The molecule has 2 unspecified atom stereocenters. The van der Waals surface area contributed by atoms with Crippen LogP contribution in [0.4, 0.5) is 4.39 Å². The van der Waals surface area contributed by atoms with Crippen LogP contribution >= 0.6 is 11.3 Å². The highest BCUT2D eigenvalue weighted by atomic mass is 32.1. The second kappa shape index (κ2) is 9.84. The number of carbonyl (C=O) groups is 1. The van der Waals surface area contributed by atoms with Gasteiger partial charge in [0.25, 0.3) is 0 Å². The van der Waals surface area contributed by atoms with Crippen molar-refractivity contribution in [3.05, 3.63) is 101 Å². The van der Waals surface area contributed by atoms with Gasteiger partial charge < -0.3 is 5.32 Å². The number of hydrogen-bond acceptors (Lipinski definition) is 5. The highest BCUT2D eigenvalue weighted by Crippen LogP contribution is 2.26. The molecule has 2 aromatic carbocycles. The lowest BCUT2D eigenvalue weighted by Gasteiger charge is -2.26. The van der Waals surface area contributed by atoms with Gasteiger partial charge >= 0.3 is 0 Å². The molecule has 32 heavy (non-hydrogen) atoms. The van der Waals surface area contributed by atoms with Crippen molar-refractivity contribution < 1.29 is 9.18 Å². The molecule has 4 rings (SSSR count). The Morgan fingerprint density at radius 3 is 2.47 bits per heavy atom. The molecule has 0 spiro atoms. The van der Waals surface area contributed by atoms with Crippen LogP contribution in [0, 0.1) is 5.82 Å². The Balaban J connectivity index is 1.42. The lowest BCUT2D eigenvalue weighted by molar-refractivity contribution is -0.122. The Hall–Kier alpha value is -3.36. The fraction of sp³-hybridized carbons (Fsp3) is 0.208. The molecule has 0 saturated carbocycles. The molecular formula is C24H24FN5OS. The average Bonchev–Trinajstić information content (AvgIpc) is 3.52. The normalized spacial score (nSPS) is 13.1. The van der Waals surface area contributed by atoms with Crippen LogP contribution in [0.5, 0.6) is 0 Å². The van der Waals surface area contributed by atoms with Crippen molar-refractivity contribution in [2.45, 2.75) is 19.0 Å². The fourth-order valence-corrected chi connectivity index (χ4v) is 4.30. The zero-order valence-electron chi connectivity index (χ0n) is 17.9. The molecule has 0 aliphatic heterocycles. The monoisotopic (exact) mass is 449 g/mol. The van der Waals surface area contributed by atoms with Gasteiger partial charge in [0.1, 0.15) is 18.5 Å². The molecule has 2 atom stereocenters. The van der Waals surface area contributed by atoms with Gasteiger partial charge in [0.2, 0.25) is 5.91 Å². The molecule has 0 radical (unpaired) electrons. The number of nitrogens with zero attached hydrogens (tertiary/aromatic N) is 4. The number of halogens is 1. The molecule has 0 aliphatic rings. The Labute approximate surface area is 190 Å². The first-order valence-corrected chi connectivity index (χ1v) is 11.1. The molecule has 2 aromatic heterocycles. The Bertz CT molecular complexity index is 1130. The summed E-state index contributed by atoms with van der Waals surface area (Å²) in [6, 6.07) is 17.9. The first-order chi connectivity index (χ1) is 15.5. The van der Waals surface area contributed by atoms with E-state index in [0.29, 0.717) is 0 Å². The maximum atomic E-state index is 13.4. The van der Waals surface area contributed by atoms with Crippen molar-refractivity contribution in [3.63, 3.8) is 0 Å². The third-order valence-electron chi connectivity index (χ3n) is 5.45. The van der Waals surface area contributed by atoms with Crippen LogP contribution < -0.4 is 5.32 Å². The van der Waals surface area contributed by atoms with Crippen LogP contribution in [0.2, 0.25) is 0 Å². The maximum Gasteiger partial charge on any atom is 0.234 e. The largest absolute Gasteiger partial charge is 0.343 e. The van der Waals surface area contributed by atoms with Gasteiger partial charge in [-0.3, -0.25) is 9.69 Å². The summed E-state index contributed by atoms with van der Waals surface area (Å²) in [5.41, 5.74) is 2.87. The van der Waals surface area contributed by atoms with Gasteiger partial charge in [-0.1, -0.05) is 30.3 Å². The minimum absolute atomic E-state index is 0.0385. The number of likely N-dealkylation sites (N-methyl/N-ethyl adjacent to an activating group) is 1. The number of amides is 1. The topological polar surface area (TPSA) is 63.1 Å². The van der Waals surface area contributed by atoms with Gasteiger partial charge in [0.15, 0.2) is 0 Å². The number of hydrogen-bond donors (Lipinski definition) is 1. The number of carbonyl (C=O) groups excluding carboxylic acids is 1. The molecule has 2 heterocycles. The SMILES string of the molecule is CC(c1ccc(-n2cncn2)cc1)N(C)CC(=O)NC(c1ccc(F)cc1)c1cccs1. The molecule has 0 saturated heterocycles. The summed E-state index contributed by atoms with van der Waals surface area (Å²) in [5, 5.41) is 9.21. The molecule has 1 N–H and O–H groups in total. The van der Waals surface area contributed by atoms with E-state index in [1.54, 1.807) is 34.5 Å². The summed E-state index contributed by atoms with van der Waals surface area (Å²) in [7, 11) is 1.92. The third-order valence-corrected chi connectivity index (χ3v) is 6.39. The smallest absolute Gasteiger partial charge is 0.234 e. The third kappa shape index (κ3) is 5.09. The standard InChI is InChI=1S/C24H24FN5OS/c1-17(18-7-11-21(12-8-18)30-16-26-15-27-30)29(2)14-23(31)28-24(22-4-3-13-32-22)19-5-9-20(25)10-6-19/h3-13,15-17,24H,14H2,1-2H3,(H,28,31). The maximum absolute atomic E-state index is 13.4. The highest BCUT2D eigenvalue weighted by molar-refractivity contribution is 7.10. The second-order valence-electron chi connectivity index (χ2n) is 7.59. The van der Waals surface area contributed by atoms with Crippen LogP contribution in [0.15, 0.2) is 78.7 Å². The zero-order chi connectivity index (χ0) is 22.5. The van der Waals surface area contributed by atoms with Crippen LogP contribution in [-0.4, -0.2) is 39.2 Å². The average molecular weight is 450 g/mol. The molecule has 0 bridgehead atoms.